The van der Waals surface area contributed by atoms with Crippen LogP contribution in [0.4, 0.5) is 13.2 Å². The Hall–Kier alpha value is -2.19. The molecule has 0 saturated carbocycles. The standard InChI is InChI=1S/C15H9ClF3NO/c16-12-5-4-10(6-7-20)14(9-12)21-13-3-1-2-11(8-13)15(17,18)19/h1-5,8-9H,6H2. The predicted molar refractivity (Wildman–Crippen MR) is 72.3 cm³/mol. The molecule has 0 bridgehead atoms. The zero-order chi connectivity index (χ0) is 15.5. The Morgan fingerprint density at radius 3 is 2.57 bits per heavy atom. The molecule has 108 valence electrons. The average molecular weight is 312 g/mol. The van der Waals surface area contributed by atoms with Crippen LogP contribution in [-0.2, 0) is 12.6 Å². The highest BCUT2D eigenvalue weighted by Crippen LogP contribution is 2.34. The van der Waals surface area contributed by atoms with Crippen LogP contribution in [0, 0.1) is 11.3 Å². The third-order valence-electron chi connectivity index (χ3n) is 2.69. The van der Waals surface area contributed by atoms with Crippen molar-refractivity contribution in [2.75, 3.05) is 0 Å². The molecule has 0 saturated heterocycles. The molecule has 2 rings (SSSR count). The van der Waals surface area contributed by atoms with E-state index in [-0.39, 0.29) is 17.9 Å². The maximum atomic E-state index is 12.7. The predicted octanol–water partition coefficient (Wildman–Crippen LogP) is 5.22. The van der Waals surface area contributed by atoms with E-state index in [9.17, 15) is 13.2 Å². The van der Waals surface area contributed by atoms with E-state index in [1.807, 2.05) is 6.07 Å². The lowest BCUT2D eigenvalue weighted by Crippen LogP contribution is -2.04. The zero-order valence-corrected chi connectivity index (χ0v) is 11.4. The molecule has 0 aliphatic rings. The van der Waals surface area contributed by atoms with Crippen molar-refractivity contribution < 1.29 is 17.9 Å². The first-order valence-corrected chi connectivity index (χ1v) is 6.28. The molecule has 0 aromatic heterocycles. The van der Waals surface area contributed by atoms with Gasteiger partial charge in [0.15, 0.2) is 0 Å². The van der Waals surface area contributed by atoms with Gasteiger partial charge in [-0.1, -0.05) is 23.7 Å². The molecule has 0 radical (unpaired) electrons. The van der Waals surface area contributed by atoms with E-state index in [2.05, 4.69) is 0 Å². The quantitative estimate of drug-likeness (QED) is 0.778. The van der Waals surface area contributed by atoms with E-state index in [4.69, 9.17) is 21.6 Å². The summed E-state index contributed by atoms with van der Waals surface area (Å²) in [5, 5.41) is 9.12. The van der Waals surface area contributed by atoms with Gasteiger partial charge in [-0.2, -0.15) is 18.4 Å². The van der Waals surface area contributed by atoms with Crippen molar-refractivity contribution in [2.24, 2.45) is 0 Å². The maximum Gasteiger partial charge on any atom is 0.416 e. The van der Waals surface area contributed by atoms with Gasteiger partial charge in [-0.25, -0.2) is 0 Å². The summed E-state index contributed by atoms with van der Waals surface area (Å²) in [6.07, 6.45) is -4.37. The first kappa shape index (κ1) is 15.2. The fraction of sp³-hybridized carbons (Fsp3) is 0.133. The van der Waals surface area contributed by atoms with Gasteiger partial charge in [0.1, 0.15) is 11.5 Å². The molecule has 2 nitrogen and oxygen atoms in total. The van der Waals surface area contributed by atoms with Crippen LogP contribution in [-0.4, -0.2) is 0 Å². The van der Waals surface area contributed by atoms with Crippen molar-refractivity contribution in [3.05, 3.63) is 58.6 Å². The molecule has 0 heterocycles. The molecule has 6 heteroatoms. The summed E-state index contributed by atoms with van der Waals surface area (Å²) in [6.45, 7) is 0. The molecule has 0 fully saturated rings. The minimum absolute atomic E-state index is 0.0336. The van der Waals surface area contributed by atoms with E-state index in [0.29, 0.717) is 10.6 Å². The summed E-state index contributed by atoms with van der Waals surface area (Å²) in [5.74, 6) is 0.301. The van der Waals surface area contributed by atoms with Crippen LogP contribution < -0.4 is 4.74 Å². The second-order valence-electron chi connectivity index (χ2n) is 4.21. The van der Waals surface area contributed by atoms with Crippen molar-refractivity contribution in [2.45, 2.75) is 12.6 Å². The van der Waals surface area contributed by atoms with Crippen LogP contribution >= 0.6 is 11.6 Å². The molecule has 0 N–H and O–H groups in total. The van der Waals surface area contributed by atoms with Crippen LogP contribution in [0.5, 0.6) is 11.5 Å². The van der Waals surface area contributed by atoms with Gasteiger partial charge in [0.2, 0.25) is 0 Å². The Balaban J connectivity index is 2.34. The van der Waals surface area contributed by atoms with Crippen molar-refractivity contribution in [1.82, 2.24) is 0 Å². The molecule has 0 spiro atoms. The SMILES string of the molecule is N#CCc1ccc(Cl)cc1Oc1cccc(C(F)(F)F)c1. The van der Waals surface area contributed by atoms with Crippen molar-refractivity contribution >= 4 is 11.6 Å². The van der Waals surface area contributed by atoms with Crippen molar-refractivity contribution in [3.63, 3.8) is 0 Å². The van der Waals surface area contributed by atoms with Crippen molar-refractivity contribution in [3.8, 4) is 17.6 Å². The maximum absolute atomic E-state index is 12.7. The molecular formula is C15H9ClF3NO. The zero-order valence-electron chi connectivity index (χ0n) is 10.6. The summed E-state index contributed by atoms with van der Waals surface area (Å²) in [7, 11) is 0. The molecule has 2 aromatic carbocycles. The summed E-state index contributed by atoms with van der Waals surface area (Å²) < 4.78 is 43.4. The van der Waals surface area contributed by atoms with Crippen LogP contribution in [0.2, 0.25) is 5.02 Å². The van der Waals surface area contributed by atoms with Gasteiger partial charge in [-0.05, 0) is 30.3 Å². The number of halogens is 4. The van der Waals surface area contributed by atoms with E-state index in [1.165, 1.54) is 18.2 Å². The molecular weight excluding hydrogens is 303 g/mol. The molecule has 0 aliphatic heterocycles. The normalized spacial score (nSPS) is 11.0. The van der Waals surface area contributed by atoms with Crippen LogP contribution in [0.15, 0.2) is 42.5 Å². The molecule has 0 amide bonds. The number of alkyl halides is 3. The third kappa shape index (κ3) is 3.89. The highest BCUT2D eigenvalue weighted by atomic mass is 35.5. The number of hydrogen-bond acceptors (Lipinski definition) is 2. The Kier molecular flexibility index (Phi) is 4.39. The number of ether oxygens (including phenoxy) is 1. The first-order chi connectivity index (χ1) is 9.90. The number of nitrogens with zero attached hydrogens (tertiary/aromatic N) is 1. The molecule has 2 aromatic rings. The smallest absolute Gasteiger partial charge is 0.416 e. The minimum Gasteiger partial charge on any atom is -0.457 e. The van der Waals surface area contributed by atoms with Crippen LogP contribution in [0.1, 0.15) is 11.1 Å². The van der Waals surface area contributed by atoms with Crippen LogP contribution in [0.3, 0.4) is 0 Å². The third-order valence-corrected chi connectivity index (χ3v) is 2.92. The highest BCUT2D eigenvalue weighted by molar-refractivity contribution is 6.30. The van der Waals surface area contributed by atoms with Gasteiger partial charge in [0, 0.05) is 10.6 Å². The average Bonchev–Trinajstić information content (AvgIpc) is 2.41. The second kappa shape index (κ2) is 6.06. The summed E-state index contributed by atoms with van der Waals surface area (Å²) in [5.41, 5.74) is -0.247. The molecule has 0 unspecified atom stereocenters. The Labute approximate surface area is 124 Å². The van der Waals surface area contributed by atoms with Gasteiger partial charge >= 0.3 is 6.18 Å². The Bertz CT molecular complexity index is 692. The molecule has 0 atom stereocenters. The van der Waals surface area contributed by atoms with Crippen LogP contribution in [0.25, 0.3) is 0 Å². The highest BCUT2D eigenvalue weighted by Gasteiger charge is 2.30. The second-order valence-corrected chi connectivity index (χ2v) is 4.65. The summed E-state index contributed by atoms with van der Waals surface area (Å²) in [4.78, 5) is 0. The van der Waals surface area contributed by atoms with Crippen molar-refractivity contribution in [1.29, 1.82) is 5.26 Å². The van der Waals surface area contributed by atoms with E-state index < -0.39 is 11.7 Å². The fourth-order valence-corrected chi connectivity index (χ4v) is 1.88. The topological polar surface area (TPSA) is 33.0 Å². The summed E-state index contributed by atoms with van der Waals surface area (Å²) >= 11 is 5.84. The summed E-state index contributed by atoms with van der Waals surface area (Å²) in [6, 6.07) is 11.1. The minimum atomic E-state index is -4.44. The van der Waals surface area contributed by atoms with Gasteiger partial charge in [-0.15, -0.1) is 0 Å². The number of hydrogen-bond donors (Lipinski definition) is 0. The Morgan fingerprint density at radius 2 is 1.90 bits per heavy atom. The van der Waals surface area contributed by atoms with Gasteiger partial charge in [0.05, 0.1) is 18.1 Å². The van der Waals surface area contributed by atoms with E-state index >= 15 is 0 Å². The van der Waals surface area contributed by atoms with Gasteiger partial charge in [0.25, 0.3) is 0 Å². The number of benzene rings is 2. The fourth-order valence-electron chi connectivity index (χ4n) is 1.72. The first-order valence-electron chi connectivity index (χ1n) is 5.90. The monoisotopic (exact) mass is 311 g/mol. The number of rotatable bonds is 3. The van der Waals surface area contributed by atoms with Gasteiger partial charge < -0.3 is 4.74 Å². The molecule has 21 heavy (non-hydrogen) atoms. The van der Waals surface area contributed by atoms with E-state index in [0.717, 1.165) is 12.1 Å². The largest absolute Gasteiger partial charge is 0.457 e. The Morgan fingerprint density at radius 1 is 1.14 bits per heavy atom. The lowest BCUT2D eigenvalue weighted by Gasteiger charge is -2.12. The van der Waals surface area contributed by atoms with E-state index in [1.54, 1.807) is 12.1 Å². The lowest BCUT2D eigenvalue weighted by molar-refractivity contribution is -0.137. The lowest BCUT2D eigenvalue weighted by atomic mass is 10.1. The number of nitriles is 1. The molecule has 0 aliphatic carbocycles. The van der Waals surface area contributed by atoms with Gasteiger partial charge in [-0.3, -0.25) is 0 Å².